The van der Waals surface area contributed by atoms with E-state index in [2.05, 4.69) is 10.1 Å². The molecule has 1 aromatic carbocycles. The smallest absolute Gasteiger partial charge is 0.266 e. The van der Waals surface area contributed by atoms with Gasteiger partial charge in [-0.3, -0.25) is 9.59 Å². The molecular weight excluding hydrogens is 392 g/mol. The largest absolute Gasteiger partial charge is 0.382 e. The fraction of sp³-hybridized carbons (Fsp3) is 0.429. The van der Waals surface area contributed by atoms with Gasteiger partial charge in [0.1, 0.15) is 0 Å². The van der Waals surface area contributed by atoms with Crippen LogP contribution in [-0.4, -0.2) is 51.0 Å². The Kier molecular flexibility index (Phi) is 5.67. The summed E-state index contributed by atoms with van der Waals surface area (Å²) in [6.07, 6.45) is 5.36. The molecule has 0 bridgehead atoms. The standard InChI is InChI=1S/C21H23ClN4O3/c1-25-9-7-23-20(25)19(27)15-5-3-8-26(13-15)21(28)18-12-17(24-29-18)11-14-4-2-6-16(22)10-14/h2,4,6-7,9-10,15,18H,3,5,8,11-13H2,1H3/t15-,18-/m0/s1. The monoisotopic (exact) mass is 414 g/mol. The van der Waals surface area contributed by atoms with Crippen LogP contribution in [0.3, 0.4) is 0 Å². The minimum Gasteiger partial charge on any atom is -0.382 e. The first-order valence-corrected chi connectivity index (χ1v) is 10.2. The summed E-state index contributed by atoms with van der Waals surface area (Å²) < 4.78 is 1.72. The average molecular weight is 415 g/mol. The summed E-state index contributed by atoms with van der Waals surface area (Å²) >= 11 is 6.03. The lowest BCUT2D eigenvalue weighted by molar-refractivity contribution is -0.143. The van der Waals surface area contributed by atoms with Crippen molar-refractivity contribution in [2.75, 3.05) is 13.1 Å². The van der Waals surface area contributed by atoms with Crippen molar-refractivity contribution >= 4 is 29.0 Å². The molecule has 8 heteroatoms. The molecule has 1 saturated heterocycles. The molecule has 2 aromatic rings. The number of oxime groups is 1. The Morgan fingerprint density at radius 2 is 2.21 bits per heavy atom. The second-order valence-corrected chi connectivity index (χ2v) is 8.05. The van der Waals surface area contributed by atoms with Crippen LogP contribution in [0.4, 0.5) is 0 Å². The average Bonchev–Trinajstić information content (AvgIpc) is 3.36. The van der Waals surface area contributed by atoms with Crippen LogP contribution in [0.2, 0.25) is 5.02 Å². The number of aryl methyl sites for hydroxylation is 1. The van der Waals surface area contributed by atoms with E-state index >= 15 is 0 Å². The summed E-state index contributed by atoms with van der Waals surface area (Å²) in [6, 6.07) is 7.58. The van der Waals surface area contributed by atoms with Gasteiger partial charge in [-0.25, -0.2) is 4.98 Å². The van der Waals surface area contributed by atoms with Crippen LogP contribution in [0.1, 0.15) is 35.4 Å². The Balaban J connectivity index is 1.35. The van der Waals surface area contributed by atoms with E-state index < -0.39 is 6.10 Å². The molecule has 1 fully saturated rings. The molecule has 2 aliphatic rings. The van der Waals surface area contributed by atoms with Gasteiger partial charge in [-0.15, -0.1) is 0 Å². The predicted octanol–water partition coefficient (Wildman–Crippen LogP) is 2.88. The summed E-state index contributed by atoms with van der Waals surface area (Å²) in [7, 11) is 1.80. The second kappa shape index (κ2) is 8.37. The number of carbonyl (C=O) groups excluding carboxylic acids is 2. The Morgan fingerprint density at radius 1 is 1.34 bits per heavy atom. The van der Waals surface area contributed by atoms with Gasteiger partial charge in [0.15, 0.2) is 5.82 Å². The molecule has 0 N–H and O–H groups in total. The van der Waals surface area contributed by atoms with Crippen LogP contribution < -0.4 is 0 Å². The maximum atomic E-state index is 12.9. The minimum absolute atomic E-state index is 0.0137. The number of benzene rings is 1. The molecule has 0 aliphatic carbocycles. The number of hydrogen-bond donors (Lipinski definition) is 0. The van der Waals surface area contributed by atoms with Gasteiger partial charge < -0.3 is 14.3 Å². The van der Waals surface area contributed by atoms with E-state index in [0.717, 1.165) is 24.1 Å². The van der Waals surface area contributed by atoms with Gasteiger partial charge in [0.05, 0.1) is 5.71 Å². The van der Waals surface area contributed by atoms with Crippen LogP contribution >= 0.6 is 11.6 Å². The number of aromatic nitrogens is 2. The number of likely N-dealkylation sites (tertiary alicyclic amines) is 1. The fourth-order valence-electron chi connectivity index (χ4n) is 3.93. The zero-order valence-electron chi connectivity index (χ0n) is 16.3. The molecule has 1 amide bonds. The van der Waals surface area contributed by atoms with E-state index in [4.69, 9.17) is 16.4 Å². The van der Waals surface area contributed by atoms with E-state index in [1.165, 1.54) is 0 Å². The summed E-state index contributed by atoms with van der Waals surface area (Å²) in [6.45, 7) is 1.03. The van der Waals surface area contributed by atoms with Crippen molar-refractivity contribution in [3.8, 4) is 0 Å². The number of carbonyl (C=O) groups is 2. The molecule has 2 aliphatic heterocycles. The van der Waals surface area contributed by atoms with E-state index in [1.807, 2.05) is 24.3 Å². The van der Waals surface area contributed by atoms with Crippen molar-refractivity contribution in [1.82, 2.24) is 14.5 Å². The predicted molar refractivity (Wildman–Crippen MR) is 109 cm³/mol. The number of ketones is 1. The molecular formula is C21H23ClN4O3. The fourth-order valence-corrected chi connectivity index (χ4v) is 4.14. The molecule has 152 valence electrons. The first-order chi connectivity index (χ1) is 14.0. The van der Waals surface area contributed by atoms with Crippen molar-refractivity contribution in [3.63, 3.8) is 0 Å². The number of nitrogens with zero attached hydrogens (tertiary/aromatic N) is 4. The van der Waals surface area contributed by atoms with Gasteiger partial charge in [-0.05, 0) is 30.5 Å². The topological polar surface area (TPSA) is 76.8 Å². The zero-order valence-corrected chi connectivity index (χ0v) is 17.0. The molecule has 0 unspecified atom stereocenters. The highest BCUT2D eigenvalue weighted by atomic mass is 35.5. The quantitative estimate of drug-likeness (QED) is 0.705. The minimum atomic E-state index is -0.619. The third kappa shape index (κ3) is 4.34. The molecule has 0 radical (unpaired) electrons. The highest BCUT2D eigenvalue weighted by molar-refractivity contribution is 6.30. The molecule has 7 nitrogen and oxygen atoms in total. The van der Waals surface area contributed by atoms with Gasteiger partial charge in [0.25, 0.3) is 5.91 Å². The molecule has 0 spiro atoms. The third-order valence-corrected chi connectivity index (χ3v) is 5.68. The Bertz CT molecular complexity index is 955. The highest BCUT2D eigenvalue weighted by Gasteiger charge is 2.36. The van der Waals surface area contributed by atoms with Gasteiger partial charge in [-0.2, -0.15) is 0 Å². The van der Waals surface area contributed by atoms with Gasteiger partial charge >= 0.3 is 0 Å². The second-order valence-electron chi connectivity index (χ2n) is 7.61. The lowest BCUT2D eigenvalue weighted by Gasteiger charge is -2.32. The summed E-state index contributed by atoms with van der Waals surface area (Å²) in [5.41, 5.74) is 1.86. The van der Waals surface area contributed by atoms with Crippen LogP contribution in [-0.2, 0) is 23.1 Å². The Labute approximate surface area is 174 Å². The van der Waals surface area contributed by atoms with Gasteiger partial charge in [-0.1, -0.05) is 28.9 Å². The maximum absolute atomic E-state index is 12.9. The Morgan fingerprint density at radius 3 is 2.97 bits per heavy atom. The van der Waals surface area contributed by atoms with Crippen LogP contribution in [0.25, 0.3) is 0 Å². The summed E-state index contributed by atoms with van der Waals surface area (Å²) in [4.78, 5) is 37.0. The molecule has 2 atom stereocenters. The first-order valence-electron chi connectivity index (χ1n) is 9.77. The van der Waals surface area contributed by atoms with Crippen molar-refractivity contribution in [3.05, 3.63) is 53.1 Å². The van der Waals surface area contributed by atoms with E-state index in [9.17, 15) is 9.59 Å². The number of halogens is 1. The van der Waals surface area contributed by atoms with Crippen LogP contribution in [0, 0.1) is 5.92 Å². The van der Waals surface area contributed by atoms with E-state index in [0.29, 0.717) is 36.8 Å². The number of imidazole rings is 1. The van der Waals surface area contributed by atoms with Crippen molar-refractivity contribution < 1.29 is 14.4 Å². The van der Waals surface area contributed by atoms with Crippen molar-refractivity contribution in [2.24, 2.45) is 18.1 Å². The number of hydrogen-bond acceptors (Lipinski definition) is 5. The third-order valence-electron chi connectivity index (χ3n) is 5.45. The Hall–Kier alpha value is -2.67. The van der Waals surface area contributed by atoms with Crippen LogP contribution in [0.15, 0.2) is 41.8 Å². The maximum Gasteiger partial charge on any atom is 0.266 e. The van der Waals surface area contributed by atoms with Gasteiger partial charge in [0.2, 0.25) is 11.9 Å². The van der Waals surface area contributed by atoms with Crippen LogP contribution in [0.5, 0.6) is 0 Å². The normalized spacial score (nSPS) is 21.6. The molecule has 29 heavy (non-hydrogen) atoms. The zero-order chi connectivity index (χ0) is 20.4. The molecule has 0 saturated carbocycles. The van der Waals surface area contributed by atoms with Crippen molar-refractivity contribution in [2.45, 2.75) is 31.8 Å². The number of piperidine rings is 1. The van der Waals surface area contributed by atoms with Gasteiger partial charge in [0, 0.05) is 56.3 Å². The SMILES string of the molecule is Cn1ccnc1C(=O)[C@H]1CCCN(C(=O)[C@@H]2CC(Cc3cccc(Cl)c3)=NO2)C1. The number of Topliss-reactive ketones (excluding diaryl/α,β-unsaturated/α-hetero) is 1. The number of rotatable bonds is 5. The molecule has 3 heterocycles. The summed E-state index contributed by atoms with van der Waals surface area (Å²) in [5, 5.41) is 4.78. The lowest BCUT2D eigenvalue weighted by atomic mass is 9.92. The van der Waals surface area contributed by atoms with Crippen molar-refractivity contribution in [1.29, 1.82) is 0 Å². The highest BCUT2D eigenvalue weighted by Crippen LogP contribution is 2.24. The molecule has 1 aromatic heterocycles. The lowest BCUT2D eigenvalue weighted by Crippen LogP contribution is -2.46. The molecule has 4 rings (SSSR count). The van der Waals surface area contributed by atoms with E-state index in [-0.39, 0.29) is 17.6 Å². The van der Waals surface area contributed by atoms with E-state index in [1.54, 1.807) is 28.9 Å². The number of amides is 1. The summed E-state index contributed by atoms with van der Waals surface area (Å²) in [5.74, 6) is 0.0861. The first kappa shape index (κ1) is 19.6.